The predicted molar refractivity (Wildman–Crippen MR) is 102 cm³/mol. The highest BCUT2D eigenvalue weighted by Gasteiger charge is 2.26. The number of nitrogens with one attached hydrogen (secondary N) is 1. The van der Waals surface area contributed by atoms with E-state index in [1.807, 2.05) is 12.1 Å². The number of amides is 1. The monoisotopic (exact) mass is 383 g/mol. The lowest BCUT2D eigenvalue weighted by molar-refractivity contribution is -0.119. The minimum absolute atomic E-state index is 0.0216. The lowest BCUT2D eigenvalue weighted by atomic mass is 10.2. The molecule has 10 heteroatoms. The van der Waals surface area contributed by atoms with E-state index in [9.17, 15) is 4.79 Å². The molecule has 1 aliphatic rings. The molecule has 0 saturated carbocycles. The molecular weight excluding hydrogens is 362 g/mol. The summed E-state index contributed by atoms with van der Waals surface area (Å²) >= 11 is 0. The largest absolute Gasteiger partial charge is 0.480 e. The molecule has 3 aromatic heterocycles. The highest BCUT2D eigenvalue weighted by molar-refractivity contribution is 5.73. The third-order valence-corrected chi connectivity index (χ3v) is 4.64. The second-order valence-corrected chi connectivity index (χ2v) is 6.51. The number of carbonyl (C=O) groups excluding carboxylic acids is 1. The minimum Gasteiger partial charge on any atom is -0.480 e. The summed E-state index contributed by atoms with van der Waals surface area (Å²) in [6, 6.07) is 4.11. The number of fused-ring (bicyclic) bond motifs is 1. The van der Waals surface area contributed by atoms with Crippen molar-refractivity contribution < 1.29 is 14.3 Å². The fourth-order valence-electron chi connectivity index (χ4n) is 3.41. The zero-order valence-electron chi connectivity index (χ0n) is 15.9. The zero-order valence-corrected chi connectivity index (χ0v) is 15.9. The minimum atomic E-state index is -0.0216. The molecule has 1 N–H and O–H groups in total. The molecule has 10 nitrogen and oxygen atoms in total. The van der Waals surface area contributed by atoms with Crippen LogP contribution < -0.4 is 19.7 Å². The quantitative estimate of drug-likeness (QED) is 0.693. The Balaban J connectivity index is 1.75. The highest BCUT2D eigenvalue weighted by Crippen LogP contribution is 2.31. The van der Waals surface area contributed by atoms with Crippen molar-refractivity contribution in [3.63, 3.8) is 0 Å². The molecule has 0 bridgehead atoms. The number of anilines is 1. The van der Waals surface area contributed by atoms with Crippen LogP contribution in [-0.4, -0.2) is 63.8 Å². The molecule has 0 radical (unpaired) electrons. The zero-order chi connectivity index (χ0) is 19.7. The summed E-state index contributed by atoms with van der Waals surface area (Å²) in [6.45, 7) is 3.04. The van der Waals surface area contributed by atoms with Crippen molar-refractivity contribution in [3.05, 3.63) is 24.5 Å². The van der Waals surface area contributed by atoms with Gasteiger partial charge in [0, 0.05) is 44.4 Å². The van der Waals surface area contributed by atoms with Gasteiger partial charge in [0.1, 0.15) is 5.82 Å². The number of methoxy groups -OCH3 is 2. The Morgan fingerprint density at radius 3 is 2.89 bits per heavy atom. The molecule has 4 rings (SSSR count). The predicted octanol–water partition coefficient (Wildman–Crippen LogP) is 0.918. The van der Waals surface area contributed by atoms with Crippen LogP contribution in [-0.2, 0) is 4.79 Å². The van der Waals surface area contributed by atoms with Gasteiger partial charge < -0.3 is 19.7 Å². The molecule has 1 saturated heterocycles. The number of nitrogens with zero attached hydrogens (tertiary/aromatic N) is 6. The van der Waals surface area contributed by atoms with Gasteiger partial charge in [0.25, 0.3) is 0 Å². The van der Waals surface area contributed by atoms with Gasteiger partial charge in [-0.3, -0.25) is 4.79 Å². The van der Waals surface area contributed by atoms with E-state index in [1.165, 1.54) is 14.0 Å². The number of rotatable bonds is 5. The first-order chi connectivity index (χ1) is 13.6. The summed E-state index contributed by atoms with van der Waals surface area (Å²) < 4.78 is 12.3. The Labute approximate surface area is 161 Å². The molecule has 1 fully saturated rings. The number of aromatic nitrogens is 5. The maximum absolute atomic E-state index is 11.4. The van der Waals surface area contributed by atoms with Crippen LogP contribution in [0.2, 0.25) is 0 Å². The van der Waals surface area contributed by atoms with Gasteiger partial charge in [-0.2, -0.15) is 14.6 Å². The highest BCUT2D eigenvalue weighted by atomic mass is 16.5. The van der Waals surface area contributed by atoms with Crippen LogP contribution in [0.25, 0.3) is 16.9 Å². The van der Waals surface area contributed by atoms with E-state index in [0.717, 1.165) is 18.8 Å². The van der Waals surface area contributed by atoms with Gasteiger partial charge in [-0.05, 0) is 6.42 Å². The molecule has 1 atom stereocenters. The van der Waals surface area contributed by atoms with Crippen LogP contribution >= 0.6 is 0 Å². The fraction of sp³-hybridized carbons (Fsp3) is 0.389. The summed E-state index contributed by atoms with van der Waals surface area (Å²) in [6.07, 6.45) is 4.21. The van der Waals surface area contributed by atoms with Gasteiger partial charge in [-0.1, -0.05) is 0 Å². The van der Waals surface area contributed by atoms with Gasteiger partial charge in [-0.15, -0.1) is 0 Å². The van der Waals surface area contributed by atoms with Gasteiger partial charge in [0.05, 0.1) is 31.7 Å². The van der Waals surface area contributed by atoms with Crippen molar-refractivity contribution in [3.8, 4) is 23.1 Å². The topological polar surface area (TPSA) is 107 Å². The Morgan fingerprint density at radius 2 is 2.14 bits per heavy atom. The van der Waals surface area contributed by atoms with E-state index in [2.05, 4.69) is 30.3 Å². The van der Waals surface area contributed by atoms with Gasteiger partial charge in [0.15, 0.2) is 5.65 Å². The SMILES string of the molecule is COc1ncc(-c2cc(N3CCC(NC(C)=O)C3)n3nccc3n2)c(OC)n1. The fourth-order valence-corrected chi connectivity index (χ4v) is 3.41. The number of hydrogen-bond donors (Lipinski definition) is 1. The molecule has 0 aliphatic carbocycles. The number of ether oxygens (including phenoxy) is 2. The van der Waals surface area contributed by atoms with Crippen LogP contribution in [0.15, 0.2) is 24.5 Å². The maximum atomic E-state index is 11.4. The second kappa shape index (κ2) is 7.29. The first kappa shape index (κ1) is 18.0. The summed E-state index contributed by atoms with van der Waals surface area (Å²) in [4.78, 5) is 26.7. The van der Waals surface area contributed by atoms with Crippen molar-refractivity contribution in [1.29, 1.82) is 0 Å². The van der Waals surface area contributed by atoms with E-state index in [1.54, 1.807) is 24.0 Å². The Morgan fingerprint density at radius 1 is 1.29 bits per heavy atom. The van der Waals surface area contributed by atoms with Crippen LogP contribution in [0.5, 0.6) is 11.9 Å². The molecule has 0 spiro atoms. The van der Waals surface area contributed by atoms with Crippen molar-refractivity contribution in [1.82, 2.24) is 29.9 Å². The van der Waals surface area contributed by atoms with Crippen molar-refractivity contribution >= 4 is 17.4 Å². The Kier molecular flexibility index (Phi) is 4.68. The van der Waals surface area contributed by atoms with E-state index in [-0.39, 0.29) is 18.0 Å². The summed E-state index contributed by atoms with van der Waals surface area (Å²) in [5.74, 6) is 1.24. The molecular formula is C18H21N7O3. The normalized spacial score (nSPS) is 16.4. The van der Waals surface area contributed by atoms with Gasteiger partial charge in [-0.25, -0.2) is 9.97 Å². The lowest BCUT2D eigenvalue weighted by Gasteiger charge is -2.20. The third-order valence-electron chi connectivity index (χ3n) is 4.64. The van der Waals surface area contributed by atoms with E-state index in [0.29, 0.717) is 29.3 Å². The summed E-state index contributed by atoms with van der Waals surface area (Å²) in [7, 11) is 3.05. The Bertz CT molecular complexity index is 1020. The van der Waals surface area contributed by atoms with Crippen LogP contribution in [0, 0.1) is 0 Å². The molecule has 3 aromatic rings. The van der Waals surface area contributed by atoms with Crippen LogP contribution in [0.4, 0.5) is 5.82 Å². The lowest BCUT2D eigenvalue weighted by Crippen LogP contribution is -2.36. The standard InChI is InChI=1S/C18H21N7O3/c1-11(26)21-12-5-7-24(10-12)16-8-14(22-15-4-6-20-25(15)16)13-9-19-18(28-3)23-17(13)27-2/h4,6,8-9,12H,5,7,10H2,1-3H3,(H,21,26). The van der Waals surface area contributed by atoms with Crippen molar-refractivity contribution in [2.75, 3.05) is 32.2 Å². The molecule has 0 aromatic carbocycles. The molecule has 28 heavy (non-hydrogen) atoms. The summed E-state index contributed by atoms with van der Waals surface area (Å²) in [5, 5.41) is 7.38. The smallest absolute Gasteiger partial charge is 0.319 e. The van der Waals surface area contributed by atoms with Gasteiger partial charge in [0.2, 0.25) is 11.8 Å². The van der Waals surface area contributed by atoms with Crippen molar-refractivity contribution in [2.45, 2.75) is 19.4 Å². The first-order valence-electron chi connectivity index (χ1n) is 8.91. The molecule has 4 heterocycles. The first-order valence-corrected chi connectivity index (χ1v) is 8.91. The summed E-state index contributed by atoms with van der Waals surface area (Å²) in [5.41, 5.74) is 2.03. The average Bonchev–Trinajstić information content (AvgIpc) is 3.35. The van der Waals surface area contributed by atoms with Crippen LogP contribution in [0.1, 0.15) is 13.3 Å². The maximum Gasteiger partial charge on any atom is 0.319 e. The molecule has 1 aliphatic heterocycles. The Hall–Kier alpha value is -3.43. The molecule has 146 valence electrons. The van der Waals surface area contributed by atoms with Crippen molar-refractivity contribution in [2.24, 2.45) is 0 Å². The average molecular weight is 383 g/mol. The number of carbonyl (C=O) groups is 1. The second-order valence-electron chi connectivity index (χ2n) is 6.51. The number of hydrogen-bond acceptors (Lipinski definition) is 8. The van der Waals surface area contributed by atoms with E-state index in [4.69, 9.17) is 9.47 Å². The van der Waals surface area contributed by atoms with Crippen LogP contribution in [0.3, 0.4) is 0 Å². The molecule has 1 amide bonds. The van der Waals surface area contributed by atoms with Gasteiger partial charge >= 0.3 is 6.01 Å². The molecule has 1 unspecified atom stereocenters. The van der Waals surface area contributed by atoms with E-state index < -0.39 is 0 Å². The third kappa shape index (κ3) is 3.28. The van der Waals surface area contributed by atoms with E-state index >= 15 is 0 Å².